The third kappa shape index (κ3) is 5.30. The average molecular weight is 488 g/mol. The van der Waals surface area contributed by atoms with Gasteiger partial charge in [-0.15, -0.1) is 0 Å². The molecular formula is C25H33N3O5S. The summed E-state index contributed by atoms with van der Waals surface area (Å²) in [5.74, 6) is 1.77. The van der Waals surface area contributed by atoms with E-state index in [1.54, 1.807) is 29.9 Å². The summed E-state index contributed by atoms with van der Waals surface area (Å²) in [5, 5.41) is 4.05. The third-order valence-corrected chi connectivity index (χ3v) is 8.20. The zero-order valence-electron chi connectivity index (χ0n) is 20.0. The lowest BCUT2D eigenvalue weighted by Crippen LogP contribution is -2.41. The highest BCUT2D eigenvalue weighted by Gasteiger charge is 2.42. The Morgan fingerprint density at radius 1 is 1.26 bits per heavy atom. The van der Waals surface area contributed by atoms with E-state index in [0.29, 0.717) is 47.1 Å². The summed E-state index contributed by atoms with van der Waals surface area (Å²) >= 11 is 1.24. The molecule has 0 saturated heterocycles. The molecule has 1 heterocycles. The summed E-state index contributed by atoms with van der Waals surface area (Å²) in [6.07, 6.45) is 5.79. The second kappa shape index (κ2) is 10.9. The summed E-state index contributed by atoms with van der Waals surface area (Å²) in [4.78, 5) is 42.6. The molecule has 1 N–H and O–H groups in total. The van der Waals surface area contributed by atoms with Gasteiger partial charge in [0.15, 0.2) is 5.16 Å². The zero-order valence-corrected chi connectivity index (χ0v) is 20.9. The third-order valence-electron chi connectivity index (χ3n) is 7.23. The molecule has 1 amide bonds. The number of nitrogens with one attached hydrogen (secondary N) is 1. The number of benzene rings is 1. The molecule has 1 aromatic heterocycles. The maximum Gasteiger partial charge on any atom is 0.337 e. The number of thioether (sulfide) groups is 1. The van der Waals surface area contributed by atoms with Crippen molar-refractivity contribution in [2.24, 2.45) is 17.8 Å². The molecule has 0 radical (unpaired) electrons. The summed E-state index contributed by atoms with van der Waals surface area (Å²) < 4.78 is 11.5. The van der Waals surface area contributed by atoms with Crippen LogP contribution in [0.25, 0.3) is 10.9 Å². The quantitative estimate of drug-likeness (QED) is 0.238. The van der Waals surface area contributed by atoms with Gasteiger partial charge in [-0.1, -0.05) is 18.2 Å². The van der Waals surface area contributed by atoms with Gasteiger partial charge in [-0.2, -0.15) is 0 Å². The van der Waals surface area contributed by atoms with Gasteiger partial charge in [-0.25, -0.2) is 9.78 Å². The predicted molar refractivity (Wildman–Crippen MR) is 131 cm³/mol. The molecule has 9 heteroatoms. The predicted octanol–water partition coefficient (Wildman–Crippen LogP) is 3.25. The number of aromatic nitrogens is 2. The fourth-order valence-electron chi connectivity index (χ4n) is 5.56. The number of ether oxygens (including phenoxy) is 2. The van der Waals surface area contributed by atoms with Gasteiger partial charge in [0.2, 0.25) is 5.91 Å². The molecule has 184 valence electrons. The fraction of sp³-hybridized carbons (Fsp3) is 0.600. The molecule has 8 nitrogen and oxygen atoms in total. The van der Waals surface area contributed by atoms with Crippen LogP contribution in [-0.2, 0) is 20.8 Å². The first-order valence-corrected chi connectivity index (χ1v) is 12.9. The van der Waals surface area contributed by atoms with Gasteiger partial charge in [0, 0.05) is 26.3 Å². The van der Waals surface area contributed by atoms with Crippen molar-refractivity contribution in [1.29, 1.82) is 0 Å². The van der Waals surface area contributed by atoms with E-state index in [2.05, 4.69) is 17.2 Å². The number of nitrogens with zero attached hydrogens (tertiary/aromatic N) is 2. The molecule has 4 atom stereocenters. The van der Waals surface area contributed by atoms with Crippen molar-refractivity contribution in [2.45, 2.75) is 56.8 Å². The molecule has 2 saturated carbocycles. The van der Waals surface area contributed by atoms with Crippen LogP contribution in [0.3, 0.4) is 0 Å². The number of hydrogen-bond donors (Lipinski definition) is 1. The zero-order chi connectivity index (χ0) is 24.2. The largest absolute Gasteiger partial charge is 0.465 e. The Morgan fingerprint density at radius 3 is 2.76 bits per heavy atom. The van der Waals surface area contributed by atoms with E-state index in [-0.39, 0.29) is 23.3 Å². The molecule has 34 heavy (non-hydrogen) atoms. The number of carbonyl (C=O) groups excluding carboxylic acids is 2. The Bertz CT molecular complexity index is 1120. The van der Waals surface area contributed by atoms with E-state index < -0.39 is 5.97 Å². The van der Waals surface area contributed by atoms with Crippen LogP contribution >= 0.6 is 11.8 Å². The van der Waals surface area contributed by atoms with Crippen LogP contribution in [0.4, 0.5) is 0 Å². The Hall–Kier alpha value is -2.39. The molecule has 0 spiro atoms. The topological polar surface area (TPSA) is 99.5 Å². The van der Waals surface area contributed by atoms with Gasteiger partial charge in [0.1, 0.15) is 0 Å². The number of rotatable bonds is 10. The maximum absolute atomic E-state index is 13.2. The summed E-state index contributed by atoms with van der Waals surface area (Å²) in [5.41, 5.74) is 0.539. The van der Waals surface area contributed by atoms with Gasteiger partial charge >= 0.3 is 5.97 Å². The molecule has 0 unspecified atom stereocenters. The lowest BCUT2D eigenvalue weighted by molar-refractivity contribution is -0.119. The van der Waals surface area contributed by atoms with Gasteiger partial charge < -0.3 is 14.8 Å². The Morgan fingerprint density at radius 2 is 2.09 bits per heavy atom. The van der Waals surface area contributed by atoms with Gasteiger partial charge in [0.05, 0.1) is 29.3 Å². The molecule has 2 aromatic rings. The monoisotopic (exact) mass is 487 g/mol. The summed E-state index contributed by atoms with van der Waals surface area (Å²) in [7, 11) is 2.93. The number of carbonyl (C=O) groups is 2. The minimum atomic E-state index is -0.490. The number of hydrogen-bond acceptors (Lipinski definition) is 7. The second-order valence-electron chi connectivity index (χ2n) is 9.40. The van der Waals surface area contributed by atoms with Crippen LogP contribution in [0.1, 0.15) is 49.4 Å². The fourth-order valence-corrected chi connectivity index (χ4v) is 6.40. The van der Waals surface area contributed by atoms with E-state index in [1.807, 2.05) is 0 Å². The minimum Gasteiger partial charge on any atom is -0.465 e. The number of amides is 1. The van der Waals surface area contributed by atoms with E-state index in [4.69, 9.17) is 9.47 Å². The van der Waals surface area contributed by atoms with E-state index >= 15 is 0 Å². The van der Waals surface area contributed by atoms with Crippen LogP contribution in [0, 0.1) is 17.8 Å². The first kappa shape index (κ1) is 24.7. The first-order chi connectivity index (χ1) is 16.4. The maximum atomic E-state index is 13.2. The molecule has 2 bridgehead atoms. The lowest BCUT2D eigenvalue weighted by atomic mass is 9.84. The smallest absolute Gasteiger partial charge is 0.337 e. The van der Waals surface area contributed by atoms with Crippen molar-refractivity contribution >= 4 is 34.5 Å². The van der Waals surface area contributed by atoms with Crippen molar-refractivity contribution in [1.82, 2.24) is 14.9 Å². The van der Waals surface area contributed by atoms with Crippen LogP contribution in [0.5, 0.6) is 0 Å². The second-order valence-corrected chi connectivity index (χ2v) is 10.3. The van der Waals surface area contributed by atoms with Gasteiger partial charge in [0.25, 0.3) is 5.56 Å². The molecule has 2 fully saturated rings. The van der Waals surface area contributed by atoms with E-state index in [0.717, 1.165) is 11.8 Å². The van der Waals surface area contributed by atoms with Crippen LogP contribution in [-0.4, -0.2) is 54.0 Å². The molecule has 1 aromatic carbocycles. The molecule has 2 aliphatic carbocycles. The normalized spacial score (nSPS) is 22.1. The Kier molecular flexibility index (Phi) is 7.93. The summed E-state index contributed by atoms with van der Waals surface area (Å²) in [6, 6.07) is 4.87. The van der Waals surface area contributed by atoms with Crippen molar-refractivity contribution in [3.05, 3.63) is 34.1 Å². The van der Waals surface area contributed by atoms with Crippen LogP contribution in [0.15, 0.2) is 28.2 Å². The lowest BCUT2D eigenvalue weighted by Gasteiger charge is -2.28. The molecule has 4 rings (SSSR count). The number of esters is 1. The van der Waals surface area contributed by atoms with Crippen molar-refractivity contribution in [3.63, 3.8) is 0 Å². The standard InChI is InChI=1S/C25H33N3O5S/c1-15(20-12-16-5-6-17(20)11-16)26-22(29)14-34-25-27-21-13-18(24(31)33-3)7-8-19(21)23(30)28(25)9-4-10-32-2/h7-8,13,15-17,20H,4-6,9-12,14H2,1-3H3,(H,26,29)/t15-,16-,17-,20-/m0/s1. The van der Waals surface area contributed by atoms with Gasteiger partial charge in [-0.05, 0) is 68.6 Å². The van der Waals surface area contributed by atoms with Crippen molar-refractivity contribution in [2.75, 3.05) is 26.6 Å². The van der Waals surface area contributed by atoms with Gasteiger partial charge in [-0.3, -0.25) is 14.2 Å². The van der Waals surface area contributed by atoms with Crippen molar-refractivity contribution < 1.29 is 19.1 Å². The molecule has 2 aliphatic rings. The summed E-state index contributed by atoms with van der Waals surface area (Å²) in [6.45, 7) is 3.05. The van der Waals surface area contributed by atoms with Crippen LogP contribution < -0.4 is 10.9 Å². The molecular weight excluding hydrogens is 454 g/mol. The number of fused-ring (bicyclic) bond motifs is 3. The number of methoxy groups -OCH3 is 2. The Balaban J connectivity index is 1.51. The molecule has 0 aliphatic heterocycles. The average Bonchev–Trinajstić information content (AvgIpc) is 3.47. The highest BCUT2D eigenvalue weighted by molar-refractivity contribution is 7.99. The Labute approximate surface area is 203 Å². The highest BCUT2D eigenvalue weighted by Crippen LogP contribution is 2.49. The minimum absolute atomic E-state index is 0.0543. The first-order valence-electron chi connectivity index (χ1n) is 11.9. The highest BCUT2D eigenvalue weighted by atomic mass is 32.2. The van der Waals surface area contributed by atoms with Crippen LogP contribution in [0.2, 0.25) is 0 Å². The van der Waals surface area contributed by atoms with E-state index in [9.17, 15) is 14.4 Å². The van der Waals surface area contributed by atoms with Crippen molar-refractivity contribution in [3.8, 4) is 0 Å². The SMILES string of the molecule is COCCCn1c(SCC(=O)N[C@@H](C)[C@@H]2C[C@H]3CC[C@H]2C3)nc2cc(C(=O)OC)ccc2c1=O. The van der Waals surface area contributed by atoms with E-state index in [1.165, 1.54) is 44.6 Å².